The molecule has 2 rings (SSSR count). The number of carbonyl (C=O) groups excluding carboxylic acids is 1. The highest BCUT2D eigenvalue weighted by Crippen LogP contribution is 2.25. The second kappa shape index (κ2) is 6.05. The number of nitrogens with zero attached hydrogens (tertiary/aromatic N) is 1. The minimum absolute atomic E-state index is 0.240. The summed E-state index contributed by atoms with van der Waals surface area (Å²) < 4.78 is 6.14. The van der Waals surface area contributed by atoms with Gasteiger partial charge in [0.15, 0.2) is 0 Å². The monoisotopic (exact) mass is 334 g/mol. The van der Waals surface area contributed by atoms with Crippen molar-refractivity contribution < 1.29 is 9.53 Å². The summed E-state index contributed by atoms with van der Waals surface area (Å²) >= 11 is 3.50. The van der Waals surface area contributed by atoms with E-state index in [1.807, 2.05) is 26.0 Å². The Hall–Kier alpha value is -1.88. The summed E-state index contributed by atoms with van der Waals surface area (Å²) in [5, 5.41) is 2.86. The molecule has 1 aromatic heterocycles. The number of benzene rings is 1. The van der Waals surface area contributed by atoms with Gasteiger partial charge in [-0.3, -0.25) is 4.79 Å². The van der Waals surface area contributed by atoms with Crippen LogP contribution in [0.1, 0.15) is 21.5 Å². The first-order chi connectivity index (χ1) is 9.52. The molecule has 1 heterocycles. The van der Waals surface area contributed by atoms with Gasteiger partial charge >= 0.3 is 0 Å². The number of rotatable bonds is 3. The Bertz CT molecular complexity index is 633. The first-order valence-corrected chi connectivity index (χ1v) is 6.89. The molecule has 0 spiro atoms. The van der Waals surface area contributed by atoms with Crippen LogP contribution in [0.15, 0.2) is 34.9 Å². The smallest absolute Gasteiger partial charge is 0.261 e. The summed E-state index contributed by atoms with van der Waals surface area (Å²) in [6.45, 7) is 3.97. The fourth-order valence-electron chi connectivity index (χ4n) is 1.94. The van der Waals surface area contributed by atoms with E-state index in [1.165, 1.54) is 7.11 Å². The molecule has 0 aliphatic carbocycles. The number of hydrogen-bond acceptors (Lipinski definition) is 3. The summed E-state index contributed by atoms with van der Waals surface area (Å²) in [5.41, 5.74) is 3.30. The zero-order valence-electron chi connectivity index (χ0n) is 11.5. The van der Waals surface area contributed by atoms with Crippen LogP contribution < -0.4 is 10.1 Å². The number of nitrogens with one attached hydrogen (secondary N) is 1. The van der Waals surface area contributed by atoms with Crippen molar-refractivity contribution in [3.8, 4) is 5.88 Å². The molecule has 1 amide bonds. The van der Waals surface area contributed by atoms with Gasteiger partial charge in [-0.1, -0.05) is 15.9 Å². The van der Waals surface area contributed by atoms with E-state index in [-0.39, 0.29) is 5.91 Å². The Morgan fingerprint density at radius 2 is 1.95 bits per heavy atom. The van der Waals surface area contributed by atoms with Crippen LogP contribution in [0.4, 0.5) is 5.69 Å². The van der Waals surface area contributed by atoms with Gasteiger partial charge in [0.05, 0.1) is 7.11 Å². The molecule has 4 nitrogen and oxygen atoms in total. The summed E-state index contributed by atoms with van der Waals surface area (Å²) in [5.74, 6) is 0.0756. The molecule has 0 saturated heterocycles. The van der Waals surface area contributed by atoms with Gasteiger partial charge in [-0.2, -0.15) is 0 Å². The Labute approximate surface area is 126 Å². The van der Waals surface area contributed by atoms with Crippen molar-refractivity contribution in [2.45, 2.75) is 13.8 Å². The minimum atomic E-state index is -0.240. The Morgan fingerprint density at radius 1 is 1.30 bits per heavy atom. The highest BCUT2D eigenvalue weighted by Gasteiger charge is 2.13. The van der Waals surface area contributed by atoms with Crippen LogP contribution in [0, 0.1) is 13.8 Å². The lowest BCUT2D eigenvalue weighted by molar-refractivity contribution is 0.102. The number of aryl methyl sites for hydroxylation is 2. The fourth-order valence-corrected chi connectivity index (χ4v) is 2.17. The predicted molar refractivity (Wildman–Crippen MR) is 82.4 cm³/mol. The van der Waals surface area contributed by atoms with E-state index < -0.39 is 0 Å². The van der Waals surface area contributed by atoms with Gasteiger partial charge in [-0.05, 0) is 49.2 Å². The van der Waals surface area contributed by atoms with Crippen molar-refractivity contribution in [3.05, 3.63) is 51.6 Å². The van der Waals surface area contributed by atoms with Crippen LogP contribution in [-0.2, 0) is 0 Å². The molecule has 104 valence electrons. The summed E-state index contributed by atoms with van der Waals surface area (Å²) in [4.78, 5) is 16.3. The van der Waals surface area contributed by atoms with E-state index in [1.54, 1.807) is 18.3 Å². The van der Waals surface area contributed by atoms with E-state index in [0.29, 0.717) is 11.4 Å². The van der Waals surface area contributed by atoms with E-state index >= 15 is 0 Å². The second-order valence-electron chi connectivity index (χ2n) is 4.44. The molecule has 0 atom stereocenters. The normalized spacial score (nSPS) is 10.2. The quantitative estimate of drug-likeness (QED) is 0.930. The van der Waals surface area contributed by atoms with Crippen LogP contribution in [0.5, 0.6) is 5.88 Å². The highest BCUT2D eigenvalue weighted by atomic mass is 79.9. The zero-order chi connectivity index (χ0) is 14.7. The van der Waals surface area contributed by atoms with Crippen LogP contribution in [0.3, 0.4) is 0 Å². The third-order valence-corrected chi connectivity index (χ3v) is 4.15. The molecule has 0 bridgehead atoms. The molecular formula is C15H15BrN2O2. The molecule has 0 radical (unpaired) electrons. The van der Waals surface area contributed by atoms with Gasteiger partial charge in [0, 0.05) is 16.4 Å². The van der Waals surface area contributed by atoms with E-state index in [4.69, 9.17) is 4.74 Å². The van der Waals surface area contributed by atoms with Crippen LogP contribution in [0.2, 0.25) is 0 Å². The van der Waals surface area contributed by atoms with Crippen molar-refractivity contribution >= 4 is 27.5 Å². The number of pyridine rings is 1. The van der Waals surface area contributed by atoms with Crippen molar-refractivity contribution in [1.82, 2.24) is 4.98 Å². The predicted octanol–water partition coefficient (Wildman–Crippen LogP) is 3.72. The average molecular weight is 335 g/mol. The van der Waals surface area contributed by atoms with E-state index in [0.717, 1.165) is 21.3 Å². The molecule has 5 heteroatoms. The summed E-state index contributed by atoms with van der Waals surface area (Å²) in [7, 11) is 1.49. The number of amides is 1. The maximum Gasteiger partial charge on any atom is 0.261 e. The molecule has 0 aliphatic rings. The number of hydrogen-bond donors (Lipinski definition) is 1. The third-order valence-electron chi connectivity index (χ3n) is 2.90. The zero-order valence-corrected chi connectivity index (χ0v) is 13.1. The van der Waals surface area contributed by atoms with Crippen LogP contribution >= 0.6 is 15.9 Å². The van der Waals surface area contributed by atoms with Gasteiger partial charge in [0.25, 0.3) is 5.91 Å². The lowest BCUT2D eigenvalue weighted by atomic mass is 10.1. The molecule has 0 fully saturated rings. The van der Waals surface area contributed by atoms with E-state index in [9.17, 15) is 4.79 Å². The number of ether oxygens (including phenoxy) is 1. The SMILES string of the molecule is COc1ncccc1C(=O)Nc1cc(C)c(Br)c(C)c1. The maximum absolute atomic E-state index is 12.3. The highest BCUT2D eigenvalue weighted by molar-refractivity contribution is 9.10. The van der Waals surface area contributed by atoms with Gasteiger partial charge in [0.1, 0.15) is 5.56 Å². The summed E-state index contributed by atoms with van der Waals surface area (Å²) in [6.07, 6.45) is 1.59. The lowest BCUT2D eigenvalue weighted by Crippen LogP contribution is -2.14. The average Bonchev–Trinajstić information content (AvgIpc) is 2.44. The lowest BCUT2D eigenvalue weighted by Gasteiger charge is -2.11. The third kappa shape index (κ3) is 2.99. The Kier molecular flexibility index (Phi) is 4.39. The maximum atomic E-state index is 12.3. The molecule has 20 heavy (non-hydrogen) atoms. The van der Waals surface area contributed by atoms with Crippen molar-refractivity contribution in [1.29, 1.82) is 0 Å². The fraction of sp³-hybridized carbons (Fsp3) is 0.200. The number of halogens is 1. The topological polar surface area (TPSA) is 51.2 Å². The van der Waals surface area contributed by atoms with Gasteiger partial charge in [-0.15, -0.1) is 0 Å². The van der Waals surface area contributed by atoms with Crippen LogP contribution in [-0.4, -0.2) is 18.0 Å². The second-order valence-corrected chi connectivity index (χ2v) is 5.23. The van der Waals surface area contributed by atoms with Gasteiger partial charge in [-0.25, -0.2) is 4.98 Å². The Balaban J connectivity index is 2.28. The van der Waals surface area contributed by atoms with Crippen molar-refractivity contribution in [3.63, 3.8) is 0 Å². The van der Waals surface area contributed by atoms with Crippen molar-refractivity contribution in [2.24, 2.45) is 0 Å². The number of methoxy groups -OCH3 is 1. The van der Waals surface area contributed by atoms with Crippen LogP contribution in [0.25, 0.3) is 0 Å². The largest absolute Gasteiger partial charge is 0.480 e. The van der Waals surface area contributed by atoms with Gasteiger partial charge in [0.2, 0.25) is 5.88 Å². The molecule has 0 aliphatic heterocycles. The molecule has 1 aromatic carbocycles. The van der Waals surface area contributed by atoms with Crippen molar-refractivity contribution in [2.75, 3.05) is 12.4 Å². The minimum Gasteiger partial charge on any atom is -0.480 e. The number of aromatic nitrogens is 1. The number of carbonyl (C=O) groups is 1. The first-order valence-electron chi connectivity index (χ1n) is 6.10. The molecule has 2 aromatic rings. The molecular weight excluding hydrogens is 320 g/mol. The molecule has 0 saturated carbocycles. The van der Waals surface area contributed by atoms with Gasteiger partial charge < -0.3 is 10.1 Å². The molecule has 1 N–H and O–H groups in total. The molecule has 0 unspecified atom stereocenters. The Morgan fingerprint density at radius 3 is 2.55 bits per heavy atom. The van der Waals surface area contributed by atoms with E-state index in [2.05, 4.69) is 26.2 Å². The summed E-state index contributed by atoms with van der Waals surface area (Å²) in [6, 6.07) is 7.21. The standard InChI is InChI=1S/C15H15BrN2O2/c1-9-7-11(8-10(2)13(9)16)18-14(19)12-5-4-6-17-15(12)20-3/h4-8H,1-3H3,(H,18,19). The number of anilines is 1. The first kappa shape index (κ1) is 14.5.